The zero-order valence-corrected chi connectivity index (χ0v) is 17.3. The summed E-state index contributed by atoms with van der Waals surface area (Å²) in [5.74, 6) is 0.322. The molecule has 0 saturated heterocycles. The summed E-state index contributed by atoms with van der Waals surface area (Å²) < 4.78 is 37.6. The fourth-order valence-electron chi connectivity index (χ4n) is 2.55. The van der Waals surface area contributed by atoms with Gasteiger partial charge in [-0.2, -0.15) is 4.31 Å². The van der Waals surface area contributed by atoms with Crippen LogP contribution in [-0.2, 0) is 14.8 Å². The third-order valence-electron chi connectivity index (χ3n) is 4.00. The predicted molar refractivity (Wildman–Crippen MR) is 107 cm³/mol. The number of carbonyl (C=O) groups excluding carboxylic acids is 1. The monoisotopic (exact) mass is 444 g/mol. The number of likely N-dealkylation sites (N-methyl/N-ethyl adjacent to an activating group) is 1. The average molecular weight is 445 g/mol. The van der Waals surface area contributed by atoms with Crippen molar-refractivity contribution in [2.75, 3.05) is 32.1 Å². The molecular weight excluding hydrogens is 427 g/mol. The number of carbonyl (C=O) groups is 1. The van der Waals surface area contributed by atoms with Gasteiger partial charge in [0.2, 0.25) is 15.9 Å². The fraction of sp³-hybridized carbons (Fsp3) is 0.278. The zero-order chi connectivity index (χ0) is 20.3. The number of amides is 1. The third-order valence-corrected chi connectivity index (χ3v) is 6.35. The van der Waals surface area contributed by atoms with Crippen LogP contribution >= 0.6 is 23.2 Å². The molecule has 0 bridgehead atoms. The lowest BCUT2D eigenvalue weighted by Gasteiger charge is -2.18. The molecule has 1 aliphatic heterocycles. The SMILES string of the molecule is CN(CC(=O)Nc1ccc(Cl)cc1Cl)S(=O)(=O)c1ccc2c(c1)OCCCO2. The van der Waals surface area contributed by atoms with Gasteiger partial charge in [-0.15, -0.1) is 0 Å². The Hall–Kier alpha value is -2.00. The van der Waals surface area contributed by atoms with Gasteiger partial charge in [0.25, 0.3) is 0 Å². The fourth-order valence-corrected chi connectivity index (χ4v) is 4.15. The Kier molecular flexibility index (Phi) is 6.34. The van der Waals surface area contributed by atoms with E-state index >= 15 is 0 Å². The van der Waals surface area contributed by atoms with Gasteiger partial charge in [-0.3, -0.25) is 4.79 Å². The molecule has 7 nitrogen and oxygen atoms in total. The van der Waals surface area contributed by atoms with Crippen LogP contribution in [0.4, 0.5) is 5.69 Å². The molecule has 1 amide bonds. The van der Waals surface area contributed by atoms with Crippen molar-refractivity contribution in [1.29, 1.82) is 0 Å². The molecule has 28 heavy (non-hydrogen) atoms. The molecule has 2 aromatic carbocycles. The molecule has 0 aromatic heterocycles. The van der Waals surface area contributed by atoms with Crippen LogP contribution in [-0.4, -0.2) is 45.4 Å². The number of anilines is 1. The van der Waals surface area contributed by atoms with Gasteiger partial charge >= 0.3 is 0 Å². The van der Waals surface area contributed by atoms with E-state index in [0.717, 1.165) is 4.31 Å². The standard InChI is InChI=1S/C18H18Cl2N2O5S/c1-22(11-18(23)21-15-5-3-12(19)9-14(15)20)28(24,25)13-4-6-16-17(10-13)27-8-2-7-26-16/h3-6,9-10H,2,7-8,11H2,1H3,(H,21,23). The second kappa shape index (κ2) is 8.57. The molecule has 1 aliphatic rings. The summed E-state index contributed by atoms with van der Waals surface area (Å²) in [6.07, 6.45) is 0.712. The zero-order valence-electron chi connectivity index (χ0n) is 14.9. The Labute approximate surface area is 173 Å². The van der Waals surface area contributed by atoms with Crippen molar-refractivity contribution in [3.05, 3.63) is 46.4 Å². The molecule has 150 valence electrons. The molecule has 0 radical (unpaired) electrons. The molecule has 0 fully saturated rings. The normalized spacial score (nSPS) is 13.9. The number of hydrogen-bond donors (Lipinski definition) is 1. The summed E-state index contributed by atoms with van der Waals surface area (Å²) in [6, 6.07) is 8.97. The minimum absolute atomic E-state index is 0.0107. The van der Waals surface area contributed by atoms with Crippen LogP contribution in [0, 0.1) is 0 Å². The molecule has 0 unspecified atom stereocenters. The Morgan fingerprint density at radius 2 is 1.82 bits per heavy atom. The topological polar surface area (TPSA) is 84.9 Å². The molecule has 0 spiro atoms. The van der Waals surface area contributed by atoms with Gasteiger partial charge in [0.15, 0.2) is 11.5 Å². The van der Waals surface area contributed by atoms with E-state index in [1.165, 1.54) is 25.2 Å². The van der Waals surface area contributed by atoms with Crippen molar-refractivity contribution in [3.63, 3.8) is 0 Å². The minimum atomic E-state index is -3.91. The number of benzene rings is 2. The van der Waals surface area contributed by atoms with Gasteiger partial charge in [-0.25, -0.2) is 8.42 Å². The van der Waals surface area contributed by atoms with Crippen LogP contribution in [0.25, 0.3) is 0 Å². The first-order valence-electron chi connectivity index (χ1n) is 8.38. The maximum atomic E-state index is 12.8. The Bertz CT molecular complexity index is 997. The highest BCUT2D eigenvalue weighted by atomic mass is 35.5. The number of ether oxygens (including phenoxy) is 2. The molecule has 10 heteroatoms. The molecule has 0 aliphatic carbocycles. The van der Waals surface area contributed by atoms with Gasteiger partial charge in [-0.1, -0.05) is 23.2 Å². The number of rotatable bonds is 5. The van der Waals surface area contributed by atoms with E-state index in [1.807, 2.05) is 0 Å². The quantitative estimate of drug-likeness (QED) is 0.763. The summed E-state index contributed by atoms with van der Waals surface area (Å²) in [7, 11) is -2.58. The molecular formula is C18H18Cl2N2O5S. The molecule has 1 N–H and O–H groups in total. The van der Waals surface area contributed by atoms with Crippen molar-refractivity contribution in [3.8, 4) is 11.5 Å². The number of halogens is 2. The highest BCUT2D eigenvalue weighted by Gasteiger charge is 2.25. The molecule has 3 rings (SSSR count). The third kappa shape index (κ3) is 4.70. The Balaban J connectivity index is 1.73. The maximum absolute atomic E-state index is 12.8. The largest absolute Gasteiger partial charge is 0.490 e. The van der Waals surface area contributed by atoms with Crippen molar-refractivity contribution < 1.29 is 22.7 Å². The number of hydrogen-bond acceptors (Lipinski definition) is 5. The summed E-state index contributed by atoms with van der Waals surface area (Å²) in [4.78, 5) is 12.3. The number of fused-ring (bicyclic) bond motifs is 1. The first-order valence-corrected chi connectivity index (χ1v) is 10.6. The molecule has 0 saturated carbocycles. The van der Waals surface area contributed by atoms with Gasteiger partial charge < -0.3 is 14.8 Å². The van der Waals surface area contributed by atoms with E-state index in [-0.39, 0.29) is 9.92 Å². The van der Waals surface area contributed by atoms with Gasteiger partial charge in [0, 0.05) is 24.6 Å². The Morgan fingerprint density at radius 3 is 2.54 bits per heavy atom. The molecule has 2 aromatic rings. The van der Waals surface area contributed by atoms with Crippen molar-refractivity contribution in [2.24, 2.45) is 0 Å². The first-order chi connectivity index (χ1) is 13.3. The van der Waals surface area contributed by atoms with Crippen molar-refractivity contribution in [1.82, 2.24) is 4.31 Å². The Morgan fingerprint density at radius 1 is 1.11 bits per heavy atom. The molecule has 1 heterocycles. The van der Waals surface area contributed by atoms with E-state index in [2.05, 4.69) is 5.32 Å². The molecule has 0 atom stereocenters. The van der Waals surface area contributed by atoms with Crippen molar-refractivity contribution in [2.45, 2.75) is 11.3 Å². The number of nitrogens with zero attached hydrogens (tertiary/aromatic N) is 1. The second-order valence-corrected chi connectivity index (χ2v) is 8.98. The highest BCUT2D eigenvalue weighted by Crippen LogP contribution is 2.32. The van der Waals surface area contributed by atoms with Gasteiger partial charge in [0.1, 0.15) is 0 Å². The predicted octanol–water partition coefficient (Wildman–Crippen LogP) is 3.41. The minimum Gasteiger partial charge on any atom is -0.490 e. The second-order valence-electron chi connectivity index (χ2n) is 6.09. The smallest absolute Gasteiger partial charge is 0.243 e. The van der Waals surface area contributed by atoms with Gasteiger partial charge in [0.05, 0.1) is 35.4 Å². The summed E-state index contributed by atoms with van der Waals surface area (Å²) in [5.41, 5.74) is 0.345. The summed E-state index contributed by atoms with van der Waals surface area (Å²) in [6.45, 7) is 0.554. The van der Waals surface area contributed by atoms with Crippen LogP contribution < -0.4 is 14.8 Å². The lowest BCUT2D eigenvalue weighted by Crippen LogP contribution is -2.35. The highest BCUT2D eigenvalue weighted by molar-refractivity contribution is 7.89. The van der Waals surface area contributed by atoms with Crippen LogP contribution in [0.3, 0.4) is 0 Å². The van der Waals surface area contributed by atoms with E-state index < -0.39 is 22.5 Å². The first kappa shape index (κ1) is 20.7. The lowest BCUT2D eigenvalue weighted by atomic mass is 10.3. The van der Waals surface area contributed by atoms with E-state index in [0.29, 0.717) is 41.8 Å². The average Bonchev–Trinajstić information content (AvgIpc) is 2.88. The van der Waals surface area contributed by atoms with Crippen LogP contribution in [0.5, 0.6) is 11.5 Å². The van der Waals surface area contributed by atoms with E-state index in [4.69, 9.17) is 32.7 Å². The summed E-state index contributed by atoms with van der Waals surface area (Å²) >= 11 is 11.8. The van der Waals surface area contributed by atoms with E-state index in [9.17, 15) is 13.2 Å². The van der Waals surface area contributed by atoms with Crippen LogP contribution in [0.15, 0.2) is 41.3 Å². The number of sulfonamides is 1. The van der Waals surface area contributed by atoms with Crippen LogP contribution in [0.1, 0.15) is 6.42 Å². The van der Waals surface area contributed by atoms with Crippen molar-refractivity contribution >= 4 is 44.8 Å². The van der Waals surface area contributed by atoms with Gasteiger partial charge in [-0.05, 0) is 30.3 Å². The lowest BCUT2D eigenvalue weighted by molar-refractivity contribution is -0.116. The van der Waals surface area contributed by atoms with E-state index in [1.54, 1.807) is 18.2 Å². The number of nitrogens with one attached hydrogen (secondary N) is 1. The van der Waals surface area contributed by atoms with Crippen LogP contribution in [0.2, 0.25) is 10.0 Å². The summed E-state index contributed by atoms with van der Waals surface area (Å²) in [5, 5.41) is 3.26. The maximum Gasteiger partial charge on any atom is 0.243 e.